The SMILES string of the molecule is CC[C@H](C)[C@H](NC(=O)[C@H]1CCCCN1C)C(=O)N[C@@H](C[C@@H](OC(C)=O)c1nc(C(=O)N[C@H](Cc2ccccc2)C[C@@H](C)C(=O)O)cs1)C(C)C. The topological polar surface area (TPSA) is 167 Å². The predicted octanol–water partition coefficient (Wildman–Crippen LogP) is 4.75. The molecule has 2 aromatic rings. The Kier molecular flexibility index (Phi) is 15.8. The van der Waals surface area contributed by atoms with Gasteiger partial charge >= 0.3 is 11.9 Å². The quantitative estimate of drug-likeness (QED) is 0.160. The number of aromatic nitrogens is 1. The van der Waals surface area contributed by atoms with E-state index in [1.165, 1.54) is 18.3 Å². The first-order valence-corrected chi connectivity index (χ1v) is 18.6. The molecule has 1 saturated heterocycles. The maximum atomic E-state index is 13.8. The lowest BCUT2D eigenvalue weighted by Crippen LogP contribution is -2.57. The minimum Gasteiger partial charge on any atom is -0.481 e. The molecule has 12 nitrogen and oxygen atoms in total. The number of carboxylic acid groups (broad SMARTS) is 1. The first-order chi connectivity index (χ1) is 23.7. The van der Waals surface area contributed by atoms with Crippen LogP contribution in [0.5, 0.6) is 0 Å². The molecule has 0 unspecified atom stereocenters. The van der Waals surface area contributed by atoms with Gasteiger partial charge in [0.2, 0.25) is 11.8 Å². The Morgan fingerprint density at radius 1 is 1.02 bits per heavy atom. The van der Waals surface area contributed by atoms with Crippen molar-refractivity contribution in [1.29, 1.82) is 0 Å². The number of esters is 1. The van der Waals surface area contributed by atoms with Gasteiger partial charge < -0.3 is 25.8 Å². The van der Waals surface area contributed by atoms with Gasteiger partial charge in [0.05, 0.1) is 12.0 Å². The number of carbonyl (C=O) groups excluding carboxylic acids is 4. The molecule has 1 aliphatic heterocycles. The summed E-state index contributed by atoms with van der Waals surface area (Å²) in [5, 5.41) is 20.6. The number of carbonyl (C=O) groups is 5. The van der Waals surface area contributed by atoms with E-state index >= 15 is 0 Å². The fraction of sp³-hybridized carbons (Fsp3) is 0.622. The standard InChI is InChI=1S/C37H55N5O7S/c1-8-23(4)32(41-34(45)30-16-12-13-17-42(30)7)35(46)39-28(22(2)3)20-31(49-25(6)43)36-40-29(21-50-36)33(44)38-27(18-24(5)37(47)48)19-26-14-10-9-11-15-26/h9-11,14-15,21-24,27-28,30-32H,8,12-13,16-20H2,1-7H3,(H,38,44)(H,39,46)(H,41,45)(H,47,48)/t23-,24+,27-,28-,30+,31+,32-/m0/s1. The summed E-state index contributed by atoms with van der Waals surface area (Å²) in [5.41, 5.74) is 1.09. The maximum Gasteiger partial charge on any atom is 0.306 e. The van der Waals surface area contributed by atoms with Crippen LogP contribution in [0.1, 0.15) is 107 Å². The van der Waals surface area contributed by atoms with Crippen LogP contribution in [0.15, 0.2) is 35.7 Å². The van der Waals surface area contributed by atoms with Gasteiger partial charge in [-0.3, -0.25) is 28.9 Å². The predicted molar refractivity (Wildman–Crippen MR) is 192 cm³/mol. The molecule has 50 heavy (non-hydrogen) atoms. The summed E-state index contributed by atoms with van der Waals surface area (Å²) in [6, 6.07) is 7.61. The average molecular weight is 714 g/mol. The third kappa shape index (κ3) is 12.2. The first-order valence-electron chi connectivity index (χ1n) is 17.7. The fourth-order valence-electron chi connectivity index (χ4n) is 6.18. The molecule has 1 fully saturated rings. The van der Waals surface area contributed by atoms with Crippen molar-refractivity contribution in [2.45, 2.75) is 117 Å². The number of hydrogen-bond donors (Lipinski definition) is 4. The Hall–Kier alpha value is -3.84. The molecule has 0 radical (unpaired) electrons. The van der Waals surface area contributed by atoms with Crippen molar-refractivity contribution in [3.8, 4) is 0 Å². The average Bonchev–Trinajstić information content (AvgIpc) is 3.57. The molecular formula is C37H55N5O7S. The van der Waals surface area contributed by atoms with Gasteiger partial charge in [-0.2, -0.15) is 0 Å². The lowest BCUT2D eigenvalue weighted by molar-refractivity contribution is -0.147. The second-order valence-electron chi connectivity index (χ2n) is 14.0. The highest BCUT2D eigenvalue weighted by atomic mass is 32.1. The summed E-state index contributed by atoms with van der Waals surface area (Å²) in [6.07, 6.45) is 3.49. The molecular weight excluding hydrogens is 659 g/mol. The van der Waals surface area contributed by atoms with Crippen molar-refractivity contribution < 1.29 is 33.8 Å². The Bertz CT molecular complexity index is 1430. The van der Waals surface area contributed by atoms with Crippen LogP contribution in [0.4, 0.5) is 0 Å². The molecule has 0 bridgehead atoms. The molecule has 13 heteroatoms. The molecule has 3 rings (SSSR count). The van der Waals surface area contributed by atoms with Gasteiger partial charge in [-0.05, 0) is 56.7 Å². The summed E-state index contributed by atoms with van der Waals surface area (Å²) >= 11 is 1.17. The molecule has 0 aliphatic carbocycles. The third-order valence-corrected chi connectivity index (χ3v) is 10.5. The number of nitrogens with one attached hydrogen (secondary N) is 3. The van der Waals surface area contributed by atoms with Gasteiger partial charge in [-0.1, -0.05) is 77.8 Å². The number of rotatable bonds is 18. The number of ether oxygens (including phenoxy) is 1. The van der Waals surface area contributed by atoms with E-state index in [0.29, 0.717) is 17.8 Å². The fourth-order valence-corrected chi connectivity index (χ4v) is 7.02. The van der Waals surface area contributed by atoms with Crippen molar-refractivity contribution in [3.05, 3.63) is 52.0 Å². The van der Waals surface area contributed by atoms with E-state index in [-0.39, 0.29) is 48.2 Å². The third-order valence-electron chi connectivity index (χ3n) is 9.52. The van der Waals surface area contributed by atoms with Crippen molar-refractivity contribution in [2.75, 3.05) is 13.6 Å². The second kappa shape index (κ2) is 19.5. The van der Waals surface area contributed by atoms with Crippen LogP contribution in [-0.4, -0.2) is 82.4 Å². The van der Waals surface area contributed by atoms with E-state index in [9.17, 15) is 29.1 Å². The van der Waals surface area contributed by atoms with Crippen molar-refractivity contribution >= 4 is 41.0 Å². The van der Waals surface area contributed by atoms with Crippen LogP contribution in [0, 0.1) is 17.8 Å². The molecule has 4 N–H and O–H groups in total. The number of amides is 3. The van der Waals surface area contributed by atoms with E-state index in [0.717, 1.165) is 31.4 Å². The lowest BCUT2D eigenvalue weighted by Gasteiger charge is -2.34. The molecule has 1 aliphatic rings. The van der Waals surface area contributed by atoms with E-state index in [1.807, 2.05) is 70.0 Å². The van der Waals surface area contributed by atoms with Crippen LogP contribution in [0.3, 0.4) is 0 Å². The minimum absolute atomic E-state index is 0.0625. The van der Waals surface area contributed by atoms with E-state index in [1.54, 1.807) is 12.3 Å². The molecule has 1 aromatic heterocycles. The Morgan fingerprint density at radius 3 is 2.32 bits per heavy atom. The summed E-state index contributed by atoms with van der Waals surface area (Å²) < 4.78 is 5.70. The van der Waals surface area contributed by atoms with Crippen LogP contribution in [0.25, 0.3) is 0 Å². The Labute approximate surface area is 300 Å². The smallest absolute Gasteiger partial charge is 0.306 e. The second-order valence-corrected chi connectivity index (χ2v) is 14.9. The van der Waals surface area contributed by atoms with Gasteiger partial charge in [0.1, 0.15) is 16.7 Å². The summed E-state index contributed by atoms with van der Waals surface area (Å²) in [7, 11) is 1.93. The number of benzene rings is 1. The number of aliphatic carboxylic acids is 1. The van der Waals surface area contributed by atoms with E-state index < -0.39 is 48.0 Å². The van der Waals surface area contributed by atoms with E-state index in [4.69, 9.17) is 4.74 Å². The highest BCUT2D eigenvalue weighted by molar-refractivity contribution is 7.09. The zero-order chi connectivity index (χ0) is 37.0. The summed E-state index contributed by atoms with van der Waals surface area (Å²) in [5.74, 6) is -3.24. The van der Waals surface area contributed by atoms with Crippen LogP contribution in [0.2, 0.25) is 0 Å². The molecule has 2 heterocycles. The lowest BCUT2D eigenvalue weighted by atomic mass is 9.94. The van der Waals surface area contributed by atoms with Crippen molar-refractivity contribution in [2.24, 2.45) is 17.8 Å². The summed E-state index contributed by atoms with van der Waals surface area (Å²) in [4.78, 5) is 70.9. The largest absolute Gasteiger partial charge is 0.481 e. The Balaban J connectivity index is 1.76. The Morgan fingerprint density at radius 2 is 1.72 bits per heavy atom. The number of hydrogen-bond acceptors (Lipinski definition) is 9. The first kappa shape index (κ1) is 40.6. The van der Waals surface area contributed by atoms with Crippen LogP contribution in [-0.2, 0) is 30.3 Å². The van der Waals surface area contributed by atoms with Gasteiger partial charge in [0.15, 0.2) is 6.10 Å². The van der Waals surface area contributed by atoms with Gasteiger partial charge in [-0.15, -0.1) is 11.3 Å². The summed E-state index contributed by atoms with van der Waals surface area (Å²) in [6.45, 7) is 11.6. The van der Waals surface area contributed by atoms with Crippen LogP contribution < -0.4 is 16.0 Å². The number of piperidine rings is 1. The highest BCUT2D eigenvalue weighted by Gasteiger charge is 2.34. The molecule has 0 spiro atoms. The minimum atomic E-state index is -0.945. The van der Waals surface area contributed by atoms with Gasteiger partial charge in [0.25, 0.3) is 5.91 Å². The highest BCUT2D eigenvalue weighted by Crippen LogP contribution is 2.29. The molecule has 1 aromatic carbocycles. The monoisotopic (exact) mass is 713 g/mol. The molecule has 0 saturated carbocycles. The molecule has 276 valence electrons. The van der Waals surface area contributed by atoms with Crippen molar-refractivity contribution in [1.82, 2.24) is 25.8 Å². The van der Waals surface area contributed by atoms with Gasteiger partial charge in [-0.25, -0.2) is 4.98 Å². The molecule has 3 amide bonds. The van der Waals surface area contributed by atoms with Gasteiger partial charge in [0, 0.05) is 30.8 Å². The van der Waals surface area contributed by atoms with Crippen LogP contribution >= 0.6 is 11.3 Å². The number of likely N-dealkylation sites (tertiary alicyclic amines) is 1. The van der Waals surface area contributed by atoms with Crippen molar-refractivity contribution in [3.63, 3.8) is 0 Å². The normalized spacial score (nSPS) is 18.6. The zero-order valence-corrected chi connectivity index (χ0v) is 31.3. The number of nitrogens with zero attached hydrogens (tertiary/aromatic N) is 2. The number of thiazole rings is 1. The zero-order valence-electron chi connectivity index (χ0n) is 30.4. The maximum absolute atomic E-state index is 13.8. The molecule has 7 atom stereocenters. The number of likely N-dealkylation sites (N-methyl/N-ethyl adjacent to an activating group) is 1. The number of carboxylic acids is 1. The van der Waals surface area contributed by atoms with E-state index in [2.05, 4.69) is 20.9 Å².